The van der Waals surface area contributed by atoms with Gasteiger partial charge in [-0.1, -0.05) is 32.9 Å². The van der Waals surface area contributed by atoms with Crippen LogP contribution in [-0.4, -0.2) is 31.4 Å². The minimum absolute atomic E-state index is 0.554. The van der Waals surface area contributed by atoms with Gasteiger partial charge >= 0.3 is 0 Å². The Kier molecular flexibility index (Phi) is 11.8. The van der Waals surface area contributed by atoms with Crippen LogP contribution in [0.1, 0.15) is 47.5 Å². The van der Waals surface area contributed by atoms with Gasteiger partial charge in [-0.3, -0.25) is 4.99 Å². The predicted octanol–water partition coefficient (Wildman–Crippen LogP) is 3.98. The van der Waals surface area contributed by atoms with Gasteiger partial charge in [-0.05, 0) is 32.6 Å². The lowest BCUT2D eigenvalue weighted by Crippen LogP contribution is -2.24. The number of rotatable bonds is 2. The van der Waals surface area contributed by atoms with Gasteiger partial charge < -0.3 is 4.90 Å². The second kappa shape index (κ2) is 10.7. The quantitative estimate of drug-likeness (QED) is 0.395. The Balaban J connectivity index is 0. The summed E-state index contributed by atoms with van der Waals surface area (Å²) >= 11 is 0. The maximum absolute atomic E-state index is 3.86. The van der Waals surface area contributed by atoms with Crippen LogP contribution >= 0.6 is 0 Å². The van der Waals surface area contributed by atoms with Gasteiger partial charge in [0.25, 0.3) is 0 Å². The Bertz CT molecular complexity index is 195. The molecule has 1 fully saturated rings. The summed E-state index contributed by atoms with van der Waals surface area (Å²) in [7, 11) is 3.79. The Morgan fingerprint density at radius 1 is 1.44 bits per heavy atom. The van der Waals surface area contributed by atoms with Crippen molar-refractivity contribution in [3.8, 4) is 0 Å². The van der Waals surface area contributed by atoms with Crippen molar-refractivity contribution < 1.29 is 0 Å². The molecule has 96 valence electrons. The van der Waals surface area contributed by atoms with E-state index in [1.165, 1.54) is 18.4 Å². The van der Waals surface area contributed by atoms with E-state index in [-0.39, 0.29) is 0 Å². The predicted molar refractivity (Wildman–Crippen MR) is 76.2 cm³/mol. The average Bonchev–Trinajstić information content (AvgIpc) is 2.30. The van der Waals surface area contributed by atoms with Crippen molar-refractivity contribution in [2.75, 3.05) is 14.1 Å². The molecule has 2 nitrogen and oxygen atoms in total. The highest BCUT2D eigenvalue weighted by molar-refractivity contribution is 5.54. The van der Waals surface area contributed by atoms with Gasteiger partial charge in [0.2, 0.25) is 0 Å². The van der Waals surface area contributed by atoms with E-state index < -0.39 is 0 Å². The number of hydrogen-bond acceptors (Lipinski definition) is 1. The summed E-state index contributed by atoms with van der Waals surface area (Å²) in [6.45, 7) is 14.3. The Hall–Kier alpha value is -0.790. The van der Waals surface area contributed by atoms with Crippen LogP contribution in [-0.2, 0) is 0 Å². The fourth-order valence-electron chi connectivity index (χ4n) is 0.953. The van der Waals surface area contributed by atoms with Crippen molar-refractivity contribution in [2.24, 2.45) is 10.9 Å². The molecule has 1 rings (SSSR count). The third kappa shape index (κ3) is 8.51. The lowest BCUT2D eigenvalue weighted by molar-refractivity contribution is 0.429. The molecule has 0 aromatic carbocycles. The molecule has 1 unspecified atom stereocenters. The van der Waals surface area contributed by atoms with Crippen molar-refractivity contribution in [1.29, 1.82) is 0 Å². The first-order valence-corrected chi connectivity index (χ1v) is 6.31. The zero-order valence-electron chi connectivity index (χ0n) is 12.2. The molecule has 1 aliphatic carbocycles. The number of aliphatic imine (C=N–C) groups is 1. The van der Waals surface area contributed by atoms with Gasteiger partial charge in [-0.2, -0.15) is 0 Å². The molecule has 0 bridgehead atoms. The van der Waals surface area contributed by atoms with Crippen LogP contribution in [0.25, 0.3) is 0 Å². The molecule has 1 atom stereocenters. The summed E-state index contributed by atoms with van der Waals surface area (Å²) in [5.74, 6) is 0.838. The number of hydrogen-bond donors (Lipinski definition) is 0. The average molecular weight is 226 g/mol. The fraction of sp³-hybridized carbons (Fsp3) is 0.786. The molecule has 0 aliphatic heterocycles. The summed E-state index contributed by atoms with van der Waals surface area (Å²) in [6, 6.07) is 0.554. The molecule has 1 aliphatic rings. The molecule has 0 N–H and O–H groups in total. The third-order valence-corrected chi connectivity index (χ3v) is 2.71. The molecule has 0 aromatic heterocycles. The fourth-order valence-corrected chi connectivity index (χ4v) is 0.953. The normalized spacial score (nSPS) is 18.2. The van der Waals surface area contributed by atoms with Crippen LogP contribution in [0.5, 0.6) is 0 Å². The smallest absolute Gasteiger partial charge is 0.0846 e. The van der Waals surface area contributed by atoms with E-state index in [1.807, 2.05) is 27.2 Å². The second-order valence-electron chi connectivity index (χ2n) is 4.23. The van der Waals surface area contributed by atoms with Gasteiger partial charge in [0.05, 0.1) is 6.34 Å². The highest BCUT2D eigenvalue weighted by Crippen LogP contribution is 2.30. The molecule has 16 heavy (non-hydrogen) atoms. The highest BCUT2D eigenvalue weighted by Gasteiger charge is 2.15. The maximum Gasteiger partial charge on any atom is 0.0846 e. The Labute approximate surface area is 102 Å². The van der Waals surface area contributed by atoms with Crippen molar-refractivity contribution >= 4 is 6.34 Å². The van der Waals surface area contributed by atoms with Crippen LogP contribution in [0.15, 0.2) is 17.1 Å². The first-order chi connectivity index (χ1) is 7.49. The van der Waals surface area contributed by atoms with Crippen molar-refractivity contribution in [2.45, 2.75) is 53.5 Å². The number of nitrogens with zero attached hydrogens (tertiary/aromatic N) is 2. The summed E-state index contributed by atoms with van der Waals surface area (Å²) in [5, 5.41) is 0. The van der Waals surface area contributed by atoms with E-state index in [1.54, 1.807) is 7.05 Å². The first kappa shape index (κ1) is 17.6. The van der Waals surface area contributed by atoms with Crippen LogP contribution in [0.2, 0.25) is 0 Å². The zero-order chi connectivity index (χ0) is 13.1. The molecule has 0 spiro atoms. The molecule has 1 saturated carbocycles. The van der Waals surface area contributed by atoms with E-state index in [0.717, 1.165) is 5.92 Å². The van der Waals surface area contributed by atoms with E-state index in [2.05, 4.69) is 37.2 Å². The molecule has 0 radical (unpaired) electrons. The van der Waals surface area contributed by atoms with Crippen LogP contribution in [0.3, 0.4) is 0 Å². The molecule has 0 heterocycles. The monoisotopic (exact) mass is 226 g/mol. The lowest BCUT2D eigenvalue weighted by Gasteiger charge is -2.23. The topological polar surface area (TPSA) is 15.6 Å². The van der Waals surface area contributed by atoms with E-state index in [9.17, 15) is 0 Å². The van der Waals surface area contributed by atoms with Gasteiger partial charge in [-0.15, -0.1) is 0 Å². The number of allylic oxidation sites excluding steroid dienone is 1. The molecule has 2 heteroatoms. The SMILES string of the molecule is C=C1CCC1C.CC.CN=CN(C)C(C)C. The van der Waals surface area contributed by atoms with Crippen LogP contribution in [0.4, 0.5) is 0 Å². The summed E-state index contributed by atoms with van der Waals surface area (Å²) in [4.78, 5) is 5.91. The standard InChI is InChI=1S/C6H14N2.C6H10.C2H6/c1-6(2)8(4)5-7-3;1-5-3-4-6(5)2;1-2/h5-6H,1-4H3;6H,1,3-4H2,2H3;1-2H3. The van der Waals surface area contributed by atoms with Crippen molar-refractivity contribution in [3.05, 3.63) is 12.2 Å². The molecule has 0 saturated heterocycles. The van der Waals surface area contributed by atoms with Gasteiger partial charge in [0, 0.05) is 20.1 Å². The van der Waals surface area contributed by atoms with E-state index in [0.29, 0.717) is 6.04 Å². The zero-order valence-corrected chi connectivity index (χ0v) is 12.2. The summed E-state index contributed by atoms with van der Waals surface area (Å²) < 4.78 is 0. The van der Waals surface area contributed by atoms with Gasteiger partial charge in [-0.25, -0.2) is 0 Å². The van der Waals surface area contributed by atoms with Crippen LogP contribution < -0.4 is 0 Å². The summed E-state index contributed by atoms with van der Waals surface area (Å²) in [5.41, 5.74) is 1.44. The molecule has 0 aromatic rings. The van der Waals surface area contributed by atoms with Gasteiger partial charge in [0.15, 0.2) is 0 Å². The third-order valence-electron chi connectivity index (χ3n) is 2.71. The lowest BCUT2D eigenvalue weighted by atomic mass is 9.82. The van der Waals surface area contributed by atoms with Crippen molar-refractivity contribution in [3.63, 3.8) is 0 Å². The molecular formula is C14H30N2. The second-order valence-corrected chi connectivity index (χ2v) is 4.23. The minimum Gasteiger partial charge on any atom is -0.364 e. The molecule has 0 amide bonds. The minimum atomic E-state index is 0.554. The maximum atomic E-state index is 3.86. The Morgan fingerprint density at radius 3 is 1.94 bits per heavy atom. The first-order valence-electron chi connectivity index (χ1n) is 6.31. The van der Waals surface area contributed by atoms with Crippen LogP contribution in [0, 0.1) is 5.92 Å². The van der Waals surface area contributed by atoms with Crippen molar-refractivity contribution in [1.82, 2.24) is 4.90 Å². The highest BCUT2D eigenvalue weighted by atomic mass is 15.1. The molecular weight excluding hydrogens is 196 g/mol. The largest absolute Gasteiger partial charge is 0.364 e. The van der Waals surface area contributed by atoms with E-state index in [4.69, 9.17) is 0 Å². The summed E-state index contributed by atoms with van der Waals surface area (Å²) in [6.07, 6.45) is 4.48. The Morgan fingerprint density at radius 2 is 1.88 bits per heavy atom. The van der Waals surface area contributed by atoms with E-state index >= 15 is 0 Å². The van der Waals surface area contributed by atoms with Gasteiger partial charge in [0.1, 0.15) is 0 Å².